The van der Waals surface area contributed by atoms with Crippen LogP contribution in [-0.4, -0.2) is 22.9 Å². The fraction of sp³-hybridized carbons (Fsp3) is 0.435. The van der Waals surface area contributed by atoms with Gasteiger partial charge < -0.3 is 14.2 Å². The second kappa shape index (κ2) is 12.0. The van der Waals surface area contributed by atoms with Crippen LogP contribution in [0, 0.1) is 5.92 Å². The average Bonchev–Trinajstić information content (AvgIpc) is 2.75. The van der Waals surface area contributed by atoms with Crippen LogP contribution in [0.3, 0.4) is 0 Å². The van der Waals surface area contributed by atoms with Crippen LogP contribution in [0.4, 0.5) is 0 Å². The number of rotatable bonds is 13. The normalized spacial score (nSPS) is 13.9. The maximum atomic E-state index is 13.8. The second-order valence-electron chi connectivity index (χ2n) is 7.67. The highest BCUT2D eigenvalue weighted by atomic mass is 31.2. The lowest BCUT2D eigenvalue weighted by Gasteiger charge is -2.30. The predicted molar refractivity (Wildman–Crippen MR) is 118 cm³/mol. The van der Waals surface area contributed by atoms with Gasteiger partial charge in [-0.05, 0) is 29.9 Å². The minimum Gasteiger partial charge on any atom is -0.480 e. The van der Waals surface area contributed by atoms with Crippen LogP contribution in [0.5, 0.6) is 0 Å². The largest absolute Gasteiger partial charge is 0.480 e. The van der Waals surface area contributed by atoms with Crippen molar-refractivity contribution in [1.82, 2.24) is 5.32 Å². The highest BCUT2D eigenvalue weighted by molar-refractivity contribution is 7.54. The van der Waals surface area contributed by atoms with E-state index < -0.39 is 25.4 Å². The van der Waals surface area contributed by atoms with E-state index in [0.29, 0.717) is 12.8 Å². The van der Waals surface area contributed by atoms with Crippen molar-refractivity contribution in [2.24, 2.45) is 5.92 Å². The molecule has 0 bridgehead atoms. The van der Waals surface area contributed by atoms with E-state index in [1.165, 1.54) is 0 Å². The average molecular weight is 433 g/mol. The van der Waals surface area contributed by atoms with Crippen molar-refractivity contribution in [3.63, 3.8) is 0 Å². The summed E-state index contributed by atoms with van der Waals surface area (Å²) in [5, 5.41) is 12.6. The zero-order valence-corrected chi connectivity index (χ0v) is 18.8. The summed E-state index contributed by atoms with van der Waals surface area (Å²) in [6.45, 7) is 5.99. The second-order valence-corrected chi connectivity index (χ2v) is 9.89. The molecule has 164 valence electrons. The van der Waals surface area contributed by atoms with E-state index >= 15 is 0 Å². The topological polar surface area (TPSA) is 84.9 Å². The fourth-order valence-corrected chi connectivity index (χ4v) is 4.97. The van der Waals surface area contributed by atoms with Gasteiger partial charge in [0.15, 0.2) is 0 Å². The van der Waals surface area contributed by atoms with Gasteiger partial charge >= 0.3 is 13.6 Å². The molecule has 0 radical (unpaired) electrons. The van der Waals surface area contributed by atoms with Crippen LogP contribution in [0.15, 0.2) is 60.7 Å². The first-order valence-electron chi connectivity index (χ1n) is 10.3. The van der Waals surface area contributed by atoms with Crippen LogP contribution >= 0.6 is 7.60 Å². The number of aliphatic carboxylic acids is 1. The molecular formula is C23H32NO5P. The van der Waals surface area contributed by atoms with E-state index in [-0.39, 0.29) is 19.1 Å². The van der Waals surface area contributed by atoms with Crippen molar-refractivity contribution in [1.29, 1.82) is 0 Å². The molecule has 0 spiro atoms. The van der Waals surface area contributed by atoms with E-state index in [0.717, 1.165) is 11.1 Å². The zero-order valence-electron chi connectivity index (χ0n) is 17.9. The van der Waals surface area contributed by atoms with E-state index in [1.807, 2.05) is 81.4 Å². The Bertz CT molecular complexity index is 765. The molecule has 0 aliphatic rings. The Kier molecular flexibility index (Phi) is 9.73. The quantitative estimate of drug-likeness (QED) is 0.409. The molecule has 0 fully saturated rings. The molecule has 0 aliphatic heterocycles. The summed E-state index contributed by atoms with van der Waals surface area (Å²) >= 11 is 0. The van der Waals surface area contributed by atoms with Crippen molar-refractivity contribution in [3.8, 4) is 0 Å². The first-order chi connectivity index (χ1) is 14.3. The maximum Gasteiger partial charge on any atom is 0.348 e. The molecule has 2 atom stereocenters. The highest BCUT2D eigenvalue weighted by Gasteiger charge is 2.38. The van der Waals surface area contributed by atoms with Gasteiger partial charge in [-0.25, -0.2) is 0 Å². The molecule has 2 aromatic carbocycles. The summed E-state index contributed by atoms with van der Waals surface area (Å²) in [7, 11) is -3.67. The zero-order chi connectivity index (χ0) is 22.0. The van der Waals surface area contributed by atoms with Gasteiger partial charge in [-0.15, -0.1) is 0 Å². The van der Waals surface area contributed by atoms with Gasteiger partial charge in [0, 0.05) is 0 Å². The molecule has 6 nitrogen and oxygen atoms in total. The van der Waals surface area contributed by atoms with Crippen LogP contribution in [-0.2, 0) is 31.6 Å². The van der Waals surface area contributed by atoms with Gasteiger partial charge in [-0.1, -0.05) is 81.4 Å². The number of nitrogens with one attached hydrogen (secondary N) is 1. The van der Waals surface area contributed by atoms with Crippen molar-refractivity contribution >= 4 is 13.6 Å². The molecule has 0 aliphatic carbocycles. The standard InChI is InChI=1S/C23H32NO5P/c1-4-22(24-21(23(25)26)15-18(2)3)30(27,28-16-19-11-7-5-8-12-19)29-17-20-13-9-6-10-14-20/h5-14,18,21-22,24H,4,15-17H2,1-3H3,(H,25,26)/t21-,22-/m1/s1. The molecule has 0 saturated carbocycles. The lowest BCUT2D eigenvalue weighted by molar-refractivity contribution is -0.140. The molecular weight excluding hydrogens is 401 g/mol. The summed E-state index contributed by atoms with van der Waals surface area (Å²) in [4.78, 5) is 11.7. The Morgan fingerprint density at radius 1 is 0.967 bits per heavy atom. The number of carboxylic acid groups (broad SMARTS) is 1. The number of carbonyl (C=O) groups is 1. The Labute approximate surface area is 179 Å². The van der Waals surface area contributed by atoms with Crippen LogP contribution in [0.2, 0.25) is 0 Å². The van der Waals surface area contributed by atoms with Crippen molar-refractivity contribution in [2.75, 3.05) is 0 Å². The number of carboxylic acids is 1. The minimum atomic E-state index is -3.67. The number of hydrogen-bond donors (Lipinski definition) is 2. The van der Waals surface area contributed by atoms with Gasteiger partial charge in [0.05, 0.1) is 13.2 Å². The monoisotopic (exact) mass is 433 g/mol. The Balaban J connectivity index is 2.21. The summed E-state index contributed by atoms with van der Waals surface area (Å²) in [6.07, 6.45) is 0.825. The van der Waals surface area contributed by atoms with E-state index in [9.17, 15) is 14.5 Å². The minimum absolute atomic E-state index is 0.118. The Hall–Kier alpha value is -1.98. The lowest BCUT2D eigenvalue weighted by Crippen LogP contribution is -2.44. The fourth-order valence-electron chi connectivity index (χ4n) is 3.07. The molecule has 0 saturated heterocycles. The van der Waals surface area contributed by atoms with Crippen LogP contribution in [0.25, 0.3) is 0 Å². The predicted octanol–water partition coefficient (Wildman–Crippen LogP) is 5.44. The molecule has 2 rings (SSSR count). The molecule has 0 unspecified atom stereocenters. The van der Waals surface area contributed by atoms with Gasteiger partial charge in [0.2, 0.25) is 0 Å². The van der Waals surface area contributed by atoms with Gasteiger partial charge in [0.1, 0.15) is 11.8 Å². The SMILES string of the molecule is CC[C@H](N[C@H](CC(C)C)C(=O)O)P(=O)(OCc1ccccc1)OCc1ccccc1. The molecule has 2 aromatic rings. The van der Waals surface area contributed by atoms with E-state index in [1.54, 1.807) is 0 Å². The molecule has 0 amide bonds. The summed E-state index contributed by atoms with van der Waals surface area (Å²) in [6, 6.07) is 18.0. The van der Waals surface area contributed by atoms with Crippen molar-refractivity contribution in [2.45, 2.75) is 58.7 Å². The first kappa shape index (κ1) is 24.3. The third kappa shape index (κ3) is 7.69. The van der Waals surface area contributed by atoms with E-state index in [2.05, 4.69) is 5.32 Å². The Morgan fingerprint density at radius 3 is 1.80 bits per heavy atom. The molecule has 0 aromatic heterocycles. The van der Waals surface area contributed by atoms with Crippen molar-refractivity contribution < 1.29 is 23.5 Å². The summed E-state index contributed by atoms with van der Waals surface area (Å²) < 4.78 is 25.5. The van der Waals surface area contributed by atoms with Crippen LogP contribution in [0.1, 0.15) is 44.7 Å². The Morgan fingerprint density at radius 2 is 1.43 bits per heavy atom. The third-order valence-corrected chi connectivity index (χ3v) is 6.93. The summed E-state index contributed by atoms with van der Waals surface area (Å²) in [5.74, 6) is -1.53. The molecule has 2 N–H and O–H groups in total. The smallest absolute Gasteiger partial charge is 0.348 e. The van der Waals surface area contributed by atoms with Crippen LogP contribution < -0.4 is 5.32 Å². The van der Waals surface area contributed by atoms with Crippen molar-refractivity contribution in [3.05, 3.63) is 71.8 Å². The summed E-state index contributed by atoms with van der Waals surface area (Å²) in [5.41, 5.74) is 1.74. The number of benzene rings is 2. The van der Waals surface area contributed by atoms with Gasteiger partial charge in [-0.2, -0.15) is 0 Å². The molecule has 7 heteroatoms. The highest BCUT2D eigenvalue weighted by Crippen LogP contribution is 2.54. The first-order valence-corrected chi connectivity index (χ1v) is 11.9. The lowest BCUT2D eigenvalue weighted by atomic mass is 10.0. The van der Waals surface area contributed by atoms with E-state index in [4.69, 9.17) is 9.05 Å². The maximum absolute atomic E-state index is 13.8. The molecule has 0 heterocycles. The number of hydrogen-bond acceptors (Lipinski definition) is 5. The third-order valence-electron chi connectivity index (χ3n) is 4.68. The molecule has 30 heavy (non-hydrogen) atoms. The van der Waals surface area contributed by atoms with Gasteiger partial charge in [-0.3, -0.25) is 14.7 Å². The van der Waals surface area contributed by atoms with Gasteiger partial charge in [0.25, 0.3) is 0 Å².